The summed E-state index contributed by atoms with van der Waals surface area (Å²) in [5, 5.41) is 19.3. The van der Waals surface area contributed by atoms with Crippen LogP contribution >= 0.6 is 12.2 Å². The molecule has 0 spiro atoms. The molecule has 0 bridgehead atoms. The van der Waals surface area contributed by atoms with Crippen molar-refractivity contribution in [2.24, 2.45) is 5.10 Å². The van der Waals surface area contributed by atoms with Crippen molar-refractivity contribution in [3.63, 3.8) is 0 Å². The maximum absolute atomic E-state index is 12.5. The molecule has 0 saturated heterocycles. The molecule has 0 amide bonds. The first-order valence-electron chi connectivity index (χ1n) is 9.82. The van der Waals surface area contributed by atoms with Gasteiger partial charge in [0, 0.05) is 6.42 Å². The summed E-state index contributed by atoms with van der Waals surface area (Å²) >= 11 is 5.08. The van der Waals surface area contributed by atoms with E-state index < -0.39 is 11.5 Å². The Morgan fingerprint density at radius 3 is 2.80 bits per heavy atom. The third kappa shape index (κ3) is 6.80. The summed E-state index contributed by atoms with van der Waals surface area (Å²) in [5.41, 5.74) is 0.177. The maximum atomic E-state index is 12.5. The van der Waals surface area contributed by atoms with E-state index in [9.17, 15) is 9.59 Å². The zero-order valence-corrected chi connectivity index (χ0v) is 17.9. The number of aromatic amines is 1. The minimum Gasteiger partial charge on any atom is -0.490 e. The van der Waals surface area contributed by atoms with Crippen LogP contribution in [-0.4, -0.2) is 45.4 Å². The average Bonchev–Trinajstić information content (AvgIpc) is 2.72. The van der Waals surface area contributed by atoms with Crippen molar-refractivity contribution in [3.8, 4) is 11.5 Å². The van der Waals surface area contributed by atoms with E-state index in [0.717, 1.165) is 23.9 Å². The van der Waals surface area contributed by atoms with Gasteiger partial charge in [0.2, 0.25) is 4.77 Å². The second-order valence-electron chi connectivity index (χ2n) is 6.43. The first kappa shape index (κ1) is 23.3. The van der Waals surface area contributed by atoms with Crippen molar-refractivity contribution in [1.82, 2.24) is 14.9 Å². The number of aliphatic carboxylic acids is 1. The van der Waals surface area contributed by atoms with E-state index in [2.05, 4.69) is 22.2 Å². The van der Waals surface area contributed by atoms with Crippen molar-refractivity contribution in [2.45, 2.75) is 46.0 Å². The number of carbonyl (C=O) groups is 1. The standard InChI is InChI=1S/C20H26N4O5S/c1-3-5-6-11-29-16-9-7-14(12-17(16)28-4-2)13-21-24-19(27)15(8-10-18(25)26)22-23-20(24)30/h7,9,12-13H,3-6,8,10-11H2,1-2H3,(H,23,30)(H,25,26)/b21-13-. The van der Waals surface area contributed by atoms with E-state index in [1.807, 2.05) is 6.92 Å². The topological polar surface area (TPSA) is 119 Å². The van der Waals surface area contributed by atoms with Gasteiger partial charge in [-0.25, -0.2) is 0 Å². The molecule has 10 heteroatoms. The lowest BCUT2D eigenvalue weighted by molar-refractivity contribution is -0.136. The normalized spacial score (nSPS) is 11.0. The third-order valence-electron chi connectivity index (χ3n) is 4.09. The molecule has 1 heterocycles. The molecule has 0 saturated carbocycles. The molecular formula is C20H26N4O5S. The predicted molar refractivity (Wildman–Crippen MR) is 115 cm³/mol. The number of H-pyrrole nitrogens is 1. The summed E-state index contributed by atoms with van der Waals surface area (Å²) in [6, 6.07) is 5.37. The van der Waals surface area contributed by atoms with E-state index in [-0.39, 0.29) is 23.3 Å². The van der Waals surface area contributed by atoms with E-state index in [1.54, 1.807) is 18.2 Å². The molecule has 0 radical (unpaired) electrons. The van der Waals surface area contributed by atoms with Crippen LogP contribution in [0.3, 0.4) is 0 Å². The first-order chi connectivity index (χ1) is 14.5. The molecule has 1 aromatic carbocycles. The predicted octanol–water partition coefficient (Wildman–Crippen LogP) is 3.17. The number of rotatable bonds is 12. The number of carboxylic acid groups (broad SMARTS) is 1. The van der Waals surface area contributed by atoms with Crippen LogP contribution in [0.15, 0.2) is 28.1 Å². The SMILES string of the molecule is CCCCCOc1ccc(/C=N\n2c(=S)[nH]nc(CCC(=O)O)c2=O)cc1OCC. The van der Waals surface area contributed by atoms with Crippen LogP contribution in [0, 0.1) is 4.77 Å². The Kier molecular flexibility index (Phi) is 9.20. The number of aryl methyl sites for hydroxylation is 1. The fourth-order valence-corrected chi connectivity index (χ4v) is 2.74. The Labute approximate surface area is 179 Å². The van der Waals surface area contributed by atoms with Crippen molar-refractivity contribution in [1.29, 1.82) is 0 Å². The molecule has 0 aliphatic heterocycles. The Balaban J connectivity index is 2.23. The highest BCUT2D eigenvalue weighted by Crippen LogP contribution is 2.28. The zero-order valence-electron chi connectivity index (χ0n) is 17.1. The number of nitrogens with zero attached hydrogens (tertiary/aromatic N) is 3. The number of benzene rings is 1. The number of aromatic nitrogens is 3. The van der Waals surface area contributed by atoms with Gasteiger partial charge in [-0.2, -0.15) is 14.9 Å². The fraction of sp³-hybridized carbons (Fsp3) is 0.450. The first-order valence-corrected chi connectivity index (χ1v) is 10.2. The lowest BCUT2D eigenvalue weighted by atomic mass is 10.2. The Hall–Kier alpha value is -3.01. The van der Waals surface area contributed by atoms with Gasteiger partial charge in [-0.05, 0) is 49.3 Å². The molecule has 2 aromatic rings. The summed E-state index contributed by atoms with van der Waals surface area (Å²) in [5.74, 6) is 0.223. The number of hydrogen-bond donors (Lipinski definition) is 2. The highest BCUT2D eigenvalue weighted by Gasteiger charge is 2.10. The third-order valence-corrected chi connectivity index (χ3v) is 4.35. The summed E-state index contributed by atoms with van der Waals surface area (Å²) in [7, 11) is 0. The zero-order chi connectivity index (χ0) is 21.9. The monoisotopic (exact) mass is 434 g/mol. The van der Waals surface area contributed by atoms with Crippen molar-refractivity contribution < 1.29 is 19.4 Å². The van der Waals surface area contributed by atoms with Gasteiger partial charge in [-0.1, -0.05) is 19.8 Å². The molecule has 0 aliphatic rings. The van der Waals surface area contributed by atoms with Crippen LogP contribution in [0.4, 0.5) is 0 Å². The molecule has 162 valence electrons. The van der Waals surface area contributed by atoms with Gasteiger partial charge in [0.1, 0.15) is 5.69 Å². The van der Waals surface area contributed by atoms with Gasteiger partial charge < -0.3 is 14.6 Å². The highest BCUT2D eigenvalue weighted by molar-refractivity contribution is 7.71. The van der Waals surface area contributed by atoms with Gasteiger partial charge in [-0.15, -0.1) is 0 Å². The highest BCUT2D eigenvalue weighted by atomic mass is 32.1. The van der Waals surface area contributed by atoms with E-state index in [1.165, 1.54) is 6.21 Å². The fourth-order valence-electron chi connectivity index (χ4n) is 2.57. The molecule has 2 rings (SSSR count). The number of ether oxygens (including phenoxy) is 2. The quantitative estimate of drug-likeness (QED) is 0.299. The molecular weight excluding hydrogens is 408 g/mol. The van der Waals surface area contributed by atoms with E-state index >= 15 is 0 Å². The molecule has 0 aliphatic carbocycles. The Morgan fingerprint density at radius 2 is 2.10 bits per heavy atom. The molecule has 0 unspecified atom stereocenters. The van der Waals surface area contributed by atoms with Crippen molar-refractivity contribution >= 4 is 24.4 Å². The van der Waals surface area contributed by atoms with Crippen LogP contribution < -0.4 is 15.0 Å². The second-order valence-corrected chi connectivity index (χ2v) is 6.81. The van der Waals surface area contributed by atoms with Crippen LogP contribution in [0.5, 0.6) is 11.5 Å². The van der Waals surface area contributed by atoms with Crippen LogP contribution in [-0.2, 0) is 11.2 Å². The number of carboxylic acids is 1. The number of unbranched alkanes of at least 4 members (excludes halogenated alkanes) is 2. The van der Waals surface area contributed by atoms with Gasteiger partial charge in [0.05, 0.1) is 25.8 Å². The summed E-state index contributed by atoms with van der Waals surface area (Å²) in [6.45, 7) is 5.11. The van der Waals surface area contributed by atoms with E-state index in [0.29, 0.717) is 30.3 Å². The minimum absolute atomic E-state index is 0.0104. The lowest BCUT2D eigenvalue weighted by Gasteiger charge is -2.12. The van der Waals surface area contributed by atoms with Crippen molar-refractivity contribution in [2.75, 3.05) is 13.2 Å². The summed E-state index contributed by atoms with van der Waals surface area (Å²) in [6.07, 6.45) is 4.42. The molecule has 9 nitrogen and oxygen atoms in total. The Morgan fingerprint density at radius 1 is 1.30 bits per heavy atom. The van der Waals surface area contributed by atoms with Gasteiger partial charge in [-0.3, -0.25) is 14.7 Å². The molecule has 30 heavy (non-hydrogen) atoms. The van der Waals surface area contributed by atoms with Gasteiger partial charge in [0.15, 0.2) is 11.5 Å². The molecule has 0 atom stereocenters. The minimum atomic E-state index is -1.02. The summed E-state index contributed by atoms with van der Waals surface area (Å²) < 4.78 is 12.5. The lowest BCUT2D eigenvalue weighted by Crippen LogP contribution is -2.25. The molecule has 0 fully saturated rings. The van der Waals surface area contributed by atoms with Crippen molar-refractivity contribution in [3.05, 3.63) is 44.6 Å². The Bertz CT molecular complexity index is 999. The van der Waals surface area contributed by atoms with Crippen LogP contribution in [0.1, 0.15) is 50.8 Å². The number of nitrogens with one attached hydrogen (secondary N) is 1. The average molecular weight is 435 g/mol. The van der Waals surface area contributed by atoms with Gasteiger partial charge >= 0.3 is 5.97 Å². The van der Waals surface area contributed by atoms with Crippen LogP contribution in [0.25, 0.3) is 0 Å². The smallest absolute Gasteiger partial charge is 0.303 e. The maximum Gasteiger partial charge on any atom is 0.303 e. The van der Waals surface area contributed by atoms with Gasteiger partial charge in [0.25, 0.3) is 5.56 Å². The number of hydrogen-bond acceptors (Lipinski definition) is 7. The van der Waals surface area contributed by atoms with E-state index in [4.69, 9.17) is 26.8 Å². The molecule has 2 N–H and O–H groups in total. The van der Waals surface area contributed by atoms with Crippen LogP contribution in [0.2, 0.25) is 0 Å². The largest absolute Gasteiger partial charge is 0.490 e. The second kappa shape index (κ2) is 11.9. The summed E-state index contributed by atoms with van der Waals surface area (Å²) in [4.78, 5) is 23.2. The molecule has 1 aromatic heterocycles.